The second-order valence-electron chi connectivity index (χ2n) is 3.59. The first kappa shape index (κ1) is 12.6. The van der Waals surface area contributed by atoms with Crippen molar-refractivity contribution in [3.63, 3.8) is 0 Å². The number of nitrogens with one attached hydrogen (secondary N) is 2. The Kier molecular flexibility index (Phi) is 4.30. The largest absolute Gasteiger partial charge is 0.369 e. The molecule has 0 saturated carbocycles. The van der Waals surface area contributed by atoms with Crippen LogP contribution in [0.4, 0.5) is 11.8 Å². The van der Waals surface area contributed by atoms with Gasteiger partial charge < -0.3 is 10.6 Å². The zero-order valence-electron chi connectivity index (χ0n) is 9.97. The third-order valence-electron chi connectivity index (χ3n) is 2.30. The molecule has 2 aromatic heterocycles. The molecule has 7 nitrogen and oxygen atoms in total. The van der Waals surface area contributed by atoms with Gasteiger partial charge in [-0.15, -0.1) is 5.10 Å². The predicted octanol–water partition coefficient (Wildman–Crippen LogP) is 1.27. The van der Waals surface area contributed by atoms with Crippen LogP contribution in [0.5, 0.6) is 0 Å². The fourth-order valence-corrected chi connectivity index (χ4v) is 1.57. The lowest BCUT2D eigenvalue weighted by Crippen LogP contribution is -2.09. The summed E-state index contributed by atoms with van der Waals surface area (Å²) in [5.74, 6) is 1.17. The van der Waals surface area contributed by atoms with Gasteiger partial charge in [0.05, 0.1) is 12.4 Å². The van der Waals surface area contributed by atoms with E-state index in [9.17, 15) is 0 Å². The van der Waals surface area contributed by atoms with E-state index in [0.717, 1.165) is 19.5 Å². The molecule has 0 amide bonds. The van der Waals surface area contributed by atoms with Crippen LogP contribution in [0.15, 0.2) is 18.6 Å². The first-order valence-corrected chi connectivity index (χ1v) is 5.95. The van der Waals surface area contributed by atoms with Crippen molar-refractivity contribution in [1.29, 1.82) is 0 Å². The third-order valence-corrected chi connectivity index (χ3v) is 2.57. The standard InChI is InChI=1S/C10H14ClN7/c1-12-10-14-7-8(11)9(16-10)13-3-2-5-18-6-4-15-17-18/h4,6-7H,2-3,5H2,1H3,(H2,12,13,14,16). The number of anilines is 2. The summed E-state index contributed by atoms with van der Waals surface area (Å²) >= 11 is 5.99. The molecule has 0 spiro atoms. The molecule has 2 N–H and O–H groups in total. The molecule has 2 aromatic rings. The van der Waals surface area contributed by atoms with E-state index in [1.807, 2.05) is 6.20 Å². The SMILES string of the molecule is CNc1ncc(Cl)c(NCCCn2ccnn2)n1. The Bertz CT molecular complexity index is 485. The molecule has 8 heteroatoms. The van der Waals surface area contributed by atoms with Crippen molar-refractivity contribution in [3.05, 3.63) is 23.6 Å². The Balaban J connectivity index is 1.82. The van der Waals surface area contributed by atoms with Gasteiger partial charge in [-0.3, -0.25) is 4.68 Å². The molecule has 0 saturated heterocycles. The van der Waals surface area contributed by atoms with E-state index >= 15 is 0 Å². The van der Waals surface area contributed by atoms with Gasteiger partial charge in [-0.25, -0.2) is 4.98 Å². The minimum absolute atomic E-state index is 0.509. The average Bonchev–Trinajstić information content (AvgIpc) is 2.89. The predicted molar refractivity (Wildman–Crippen MR) is 69.7 cm³/mol. The molecule has 0 fully saturated rings. The van der Waals surface area contributed by atoms with Crippen molar-refractivity contribution in [3.8, 4) is 0 Å². The first-order chi connectivity index (χ1) is 8.79. The Hall–Kier alpha value is -1.89. The second-order valence-corrected chi connectivity index (χ2v) is 3.99. The summed E-state index contributed by atoms with van der Waals surface area (Å²) in [4.78, 5) is 8.24. The maximum atomic E-state index is 5.99. The van der Waals surface area contributed by atoms with Crippen molar-refractivity contribution in [1.82, 2.24) is 25.0 Å². The lowest BCUT2D eigenvalue weighted by atomic mass is 10.4. The van der Waals surface area contributed by atoms with E-state index in [2.05, 4.69) is 30.9 Å². The second kappa shape index (κ2) is 6.15. The highest BCUT2D eigenvalue weighted by atomic mass is 35.5. The molecule has 0 aliphatic carbocycles. The van der Waals surface area contributed by atoms with Crippen molar-refractivity contribution >= 4 is 23.4 Å². The lowest BCUT2D eigenvalue weighted by Gasteiger charge is -2.08. The molecule has 0 aliphatic rings. The van der Waals surface area contributed by atoms with Crippen LogP contribution in [0.1, 0.15) is 6.42 Å². The summed E-state index contributed by atoms with van der Waals surface area (Å²) in [6.45, 7) is 1.55. The van der Waals surface area contributed by atoms with E-state index in [1.54, 1.807) is 24.1 Å². The maximum Gasteiger partial charge on any atom is 0.224 e. The van der Waals surface area contributed by atoms with E-state index in [-0.39, 0.29) is 0 Å². The molecule has 96 valence electrons. The number of hydrogen-bond donors (Lipinski definition) is 2. The highest BCUT2D eigenvalue weighted by Crippen LogP contribution is 2.18. The summed E-state index contributed by atoms with van der Waals surface area (Å²) in [5.41, 5.74) is 0. The lowest BCUT2D eigenvalue weighted by molar-refractivity contribution is 0.569. The minimum atomic E-state index is 0.509. The number of halogens is 1. The van der Waals surface area contributed by atoms with Crippen LogP contribution in [0, 0.1) is 0 Å². The highest BCUT2D eigenvalue weighted by molar-refractivity contribution is 6.32. The Morgan fingerprint density at radius 1 is 1.44 bits per heavy atom. The van der Waals surface area contributed by atoms with Crippen LogP contribution in [0.25, 0.3) is 0 Å². The average molecular weight is 268 g/mol. The Morgan fingerprint density at radius 2 is 2.33 bits per heavy atom. The number of aryl methyl sites for hydroxylation is 1. The van der Waals surface area contributed by atoms with Gasteiger partial charge in [-0.1, -0.05) is 16.8 Å². The van der Waals surface area contributed by atoms with Crippen molar-refractivity contribution in [2.24, 2.45) is 0 Å². The van der Waals surface area contributed by atoms with Gasteiger partial charge in [0.2, 0.25) is 5.95 Å². The molecule has 0 atom stereocenters. The van der Waals surface area contributed by atoms with E-state index < -0.39 is 0 Å². The van der Waals surface area contributed by atoms with Crippen LogP contribution in [0.3, 0.4) is 0 Å². The third kappa shape index (κ3) is 3.30. The zero-order chi connectivity index (χ0) is 12.8. The van der Waals surface area contributed by atoms with Gasteiger partial charge >= 0.3 is 0 Å². The molecule has 2 rings (SSSR count). The summed E-state index contributed by atoms with van der Waals surface area (Å²) in [7, 11) is 1.76. The molecule has 0 aromatic carbocycles. The summed E-state index contributed by atoms with van der Waals surface area (Å²) in [6, 6.07) is 0. The van der Waals surface area contributed by atoms with Crippen LogP contribution in [0.2, 0.25) is 5.02 Å². The number of nitrogens with zero attached hydrogens (tertiary/aromatic N) is 5. The van der Waals surface area contributed by atoms with E-state index in [4.69, 9.17) is 11.6 Å². The number of aromatic nitrogens is 5. The van der Waals surface area contributed by atoms with Crippen LogP contribution >= 0.6 is 11.6 Å². The quantitative estimate of drug-likeness (QED) is 0.767. The first-order valence-electron chi connectivity index (χ1n) is 5.58. The van der Waals surface area contributed by atoms with Gasteiger partial charge in [-0.05, 0) is 6.42 Å². The number of hydrogen-bond acceptors (Lipinski definition) is 6. The van der Waals surface area contributed by atoms with Gasteiger partial charge in [-0.2, -0.15) is 4.98 Å². The summed E-state index contributed by atoms with van der Waals surface area (Å²) < 4.78 is 1.78. The van der Waals surface area contributed by atoms with Gasteiger partial charge in [0.15, 0.2) is 0 Å². The smallest absolute Gasteiger partial charge is 0.224 e. The molecule has 18 heavy (non-hydrogen) atoms. The minimum Gasteiger partial charge on any atom is -0.369 e. The number of rotatable bonds is 6. The topological polar surface area (TPSA) is 80.5 Å². The van der Waals surface area contributed by atoms with Gasteiger partial charge in [0.1, 0.15) is 10.8 Å². The molecule has 0 aliphatic heterocycles. The maximum absolute atomic E-state index is 5.99. The summed E-state index contributed by atoms with van der Waals surface area (Å²) in [6.07, 6.45) is 5.96. The Labute approximate surface area is 110 Å². The van der Waals surface area contributed by atoms with Crippen LogP contribution in [-0.2, 0) is 6.54 Å². The molecule has 0 bridgehead atoms. The fraction of sp³-hybridized carbons (Fsp3) is 0.400. The normalized spacial score (nSPS) is 10.3. The zero-order valence-corrected chi connectivity index (χ0v) is 10.7. The van der Waals surface area contributed by atoms with Crippen LogP contribution < -0.4 is 10.6 Å². The molecule has 2 heterocycles. The van der Waals surface area contributed by atoms with Crippen molar-refractivity contribution < 1.29 is 0 Å². The molecule has 0 radical (unpaired) electrons. The highest BCUT2D eigenvalue weighted by Gasteiger charge is 2.03. The monoisotopic (exact) mass is 267 g/mol. The molecule has 0 unspecified atom stereocenters. The van der Waals surface area contributed by atoms with E-state index in [1.165, 1.54) is 0 Å². The van der Waals surface area contributed by atoms with E-state index in [0.29, 0.717) is 16.8 Å². The molecular formula is C10H14ClN7. The summed E-state index contributed by atoms with van der Waals surface area (Å²) in [5, 5.41) is 14.2. The fourth-order valence-electron chi connectivity index (χ4n) is 1.41. The van der Waals surface area contributed by atoms with Crippen molar-refractivity contribution in [2.75, 3.05) is 24.2 Å². The van der Waals surface area contributed by atoms with Gasteiger partial charge in [0.25, 0.3) is 0 Å². The Morgan fingerprint density at radius 3 is 3.06 bits per heavy atom. The van der Waals surface area contributed by atoms with Crippen LogP contribution in [-0.4, -0.2) is 38.6 Å². The van der Waals surface area contributed by atoms with Crippen molar-refractivity contribution in [2.45, 2.75) is 13.0 Å². The molecular weight excluding hydrogens is 254 g/mol. The van der Waals surface area contributed by atoms with Gasteiger partial charge in [0, 0.05) is 26.3 Å².